The lowest BCUT2D eigenvalue weighted by atomic mass is 9.75. The van der Waals surface area contributed by atoms with Gasteiger partial charge in [-0.1, -0.05) is 11.8 Å². The highest BCUT2D eigenvalue weighted by molar-refractivity contribution is 8.00. The summed E-state index contributed by atoms with van der Waals surface area (Å²) in [7, 11) is 0. The quantitative estimate of drug-likeness (QED) is 0.608. The number of ether oxygens (including phenoxy) is 2. The molecule has 2 bridgehead atoms. The third-order valence-corrected chi connectivity index (χ3v) is 6.61. The molecule has 0 unspecified atom stereocenters. The second-order valence-corrected chi connectivity index (χ2v) is 6.72. The molecule has 0 aromatic carbocycles. The summed E-state index contributed by atoms with van der Waals surface area (Å²) in [6.45, 7) is 0. The van der Waals surface area contributed by atoms with Gasteiger partial charge in [0.05, 0.1) is 12.2 Å². The van der Waals surface area contributed by atoms with E-state index in [1.54, 1.807) is 0 Å². The van der Waals surface area contributed by atoms with Gasteiger partial charge in [-0.3, -0.25) is 0 Å². The Hall–Kier alpha value is 0.270. The molecule has 8 atom stereocenters. The number of hydrogen-bond acceptors (Lipinski definition) is 3. The third kappa shape index (κ3) is 0.642. The van der Waals surface area contributed by atoms with Crippen LogP contribution in [0.2, 0.25) is 0 Å². The first kappa shape index (κ1) is 7.53. The highest BCUT2D eigenvalue weighted by Crippen LogP contribution is 2.68. The SMILES string of the molecule is C1[C@@H]2[C@@H]3[C@H]4[C@H]1[C@H]1O[C@@H]4CC[C@@H]3O[C@@H]2S1. The van der Waals surface area contributed by atoms with E-state index < -0.39 is 0 Å². The van der Waals surface area contributed by atoms with E-state index in [0.717, 1.165) is 23.7 Å². The van der Waals surface area contributed by atoms with Crippen molar-refractivity contribution in [3.05, 3.63) is 0 Å². The summed E-state index contributed by atoms with van der Waals surface area (Å²) in [5.74, 6) is 3.54. The van der Waals surface area contributed by atoms with Crippen molar-refractivity contribution in [2.24, 2.45) is 23.7 Å². The molecule has 76 valence electrons. The van der Waals surface area contributed by atoms with Crippen molar-refractivity contribution >= 4 is 11.8 Å². The molecule has 2 aliphatic carbocycles. The van der Waals surface area contributed by atoms with Crippen molar-refractivity contribution in [1.29, 1.82) is 0 Å². The van der Waals surface area contributed by atoms with Crippen LogP contribution in [0.25, 0.3) is 0 Å². The minimum Gasteiger partial charge on any atom is -0.364 e. The molecule has 0 aromatic rings. The van der Waals surface area contributed by atoms with Gasteiger partial charge in [-0.15, -0.1) is 0 Å². The maximum Gasteiger partial charge on any atom is 0.109 e. The lowest BCUT2D eigenvalue weighted by molar-refractivity contribution is -0.0125. The number of rotatable bonds is 0. The van der Waals surface area contributed by atoms with Crippen LogP contribution in [0.5, 0.6) is 0 Å². The van der Waals surface area contributed by atoms with Crippen molar-refractivity contribution in [1.82, 2.24) is 0 Å². The minimum absolute atomic E-state index is 0.496. The van der Waals surface area contributed by atoms with E-state index in [-0.39, 0.29) is 0 Å². The van der Waals surface area contributed by atoms with E-state index in [1.807, 2.05) is 11.8 Å². The normalized spacial score (nSPS) is 72.0. The van der Waals surface area contributed by atoms with Crippen molar-refractivity contribution in [3.63, 3.8) is 0 Å². The molecule has 0 spiro atoms. The first-order valence-electron chi connectivity index (χ1n) is 5.88. The Labute approximate surface area is 87.7 Å². The van der Waals surface area contributed by atoms with Crippen LogP contribution in [0.15, 0.2) is 0 Å². The molecule has 3 heterocycles. The van der Waals surface area contributed by atoms with Gasteiger partial charge in [-0.25, -0.2) is 0 Å². The summed E-state index contributed by atoms with van der Waals surface area (Å²) in [4.78, 5) is 0. The maximum absolute atomic E-state index is 6.17. The molecule has 3 aliphatic heterocycles. The summed E-state index contributed by atoms with van der Waals surface area (Å²) in [5, 5.41) is 0. The maximum atomic E-state index is 6.17. The molecule has 5 fully saturated rings. The van der Waals surface area contributed by atoms with Gasteiger partial charge in [-0.2, -0.15) is 0 Å². The van der Waals surface area contributed by atoms with Crippen LogP contribution in [0.1, 0.15) is 19.3 Å². The van der Waals surface area contributed by atoms with Gasteiger partial charge in [0.2, 0.25) is 0 Å². The summed E-state index contributed by atoms with van der Waals surface area (Å²) in [6, 6.07) is 0. The van der Waals surface area contributed by atoms with Gasteiger partial charge in [0.15, 0.2) is 0 Å². The summed E-state index contributed by atoms with van der Waals surface area (Å²) < 4.78 is 12.3. The standard InChI is InChI=1S/C11H14O2S/c1-2-7-9-5-3-4-8(9)6(1)12-10(4)14-11(5)13-7/h4-11H,1-3H2/t4-,5+,6+,7-,8-,9-,10-,11+/m0/s1. The van der Waals surface area contributed by atoms with Crippen molar-refractivity contribution in [2.45, 2.75) is 42.3 Å². The van der Waals surface area contributed by atoms with Crippen LogP contribution >= 0.6 is 11.8 Å². The molecule has 2 saturated carbocycles. The molecule has 3 saturated heterocycles. The smallest absolute Gasteiger partial charge is 0.109 e. The van der Waals surface area contributed by atoms with Crippen LogP contribution in [0, 0.1) is 23.7 Å². The van der Waals surface area contributed by atoms with Gasteiger partial charge >= 0.3 is 0 Å². The molecule has 0 amide bonds. The molecule has 2 nitrogen and oxygen atoms in total. The Kier molecular flexibility index (Phi) is 1.17. The molecular formula is C11H14O2S. The van der Waals surface area contributed by atoms with E-state index in [4.69, 9.17) is 9.47 Å². The second kappa shape index (κ2) is 2.18. The van der Waals surface area contributed by atoms with E-state index in [0.29, 0.717) is 23.1 Å². The molecule has 0 N–H and O–H groups in total. The van der Waals surface area contributed by atoms with Crippen LogP contribution in [0.3, 0.4) is 0 Å². The van der Waals surface area contributed by atoms with E-state index in [9.17, 15) is 0 Å². The monoisotopic (exact) mass is 210 g/mol. The van der Waals surface area contributed by atoms with Crippen LogP contribution < -0.4 is 0 Å². The molecule has 0 aromatic heterocycles. The predicted octanol–water partition coefficient (Wildman–Crippen LogP) is 1.85. The van der Waals surface area contributed by atoms with Crippen LogP contribution in [-0.2, 0) is 9.47 Å². The molecule has 0 radical (unpaired) electrons. The predicted molar refractivity (Wildman–Crippen MR) is 52.7 cm³/mol. The third-order valence-electron chi connectivity index (χ3n) is 5.16. The fourth-order valence-corrected chi connectivity index (χ4v) is 6.47. The Balaban J connectivity index is 1.74. The van der Waals surface area contributed by atoms with E-state index in [1.165, 1.54) is 19.3 Å². The van der Waals surface area contributed by atoms with E-state index in [2.05, 4.69) is 0 Å². The minimum atomic E-state index is 0.496. The topological polar surface area (TPSA) is 18.5 Å². The van der Waals surface area contributed by atoms with Crippen LogP contribution in [0.4, 0.5) is 0 Å². The first-order chi connectivity index (χ1) is 6.92. The summed E-state index contributed by atoms with van der Waals surface area (Å²) in [6.07, 6.45) is 5.14. The second-order valence-electron chi connectivity index (χ2n) is 5.52. The van der Waals surface area contributed by atoms with E-state index >= 15 is 0 Å². The largest absolute Gasteiger partial charge is 0.364 e. The van der Waals surface area contributed by atoms with Crippen molar-refractivity contribution in [3.8, 4) is 0 Å². The Morgan fingerprint density at radius 3 is 2.00 bits per heavy atom. The molecule has 5 aliphatic rings. The summed E-state index contributed by atoms with van der Waals surface area (Å²) >= 11 is 2.00. The van der Waals surface area contributed by atoms with Crippen molar-refractivity contribution in [2.75, 3.05) is 0 Å². The Morgan fingerprint density at radius 2 is 1.43 bits per heavy atom. The van der Waals surface area contributed by atoms with Gasteiger partial charge in [-0.05, 0) is 31.1 Å². The average molecular weight is 210 g/mol. The zero-order valence-electron chi connectivity index (χ0n) is 7.96. The lowest BCUT2D eigenvalue weighted by Gasteiger charge is -2.33. The van der Waals surface area contributed by atoms with Gasteiger partial charge < -0.3 is 9.47 Å². The molecule has 5 rings (SSSR count). The zero-order chi connectivity index (χ0) is 8.86. The molecule has 14 heavy (non-hydrogen) atoms. The number of thioether (sulfide) groups is 1. The highest BCUT2D eigenvalue weighted by atomic mass is 32.2. The first-order valence-corrected chi connectivity index (χ1v) is 6.82. The summed E-state index contributed by atoms with van der Waals surface area (Å²) in [5.41, 5.74) is 0.991. The zero-order valence-corrected chi connectivity index (χ0v) is 8.78. The van der Waals surface area contributed by atoms with Crippen LogP contribution in [-0.4, -0.2) is 23.1 Å². The van der Waals surface area contributed by atoms with Gasteiger partial charge in [0.1, 0.15) is 10.9 Å². The fourth-order valence-electron chi connectivity index (χ4n) is 4.81. The Bertz CT molecular complexity index is 280. The average Bonchev–Trinajstić information content (AvgIpc) is 2.82. The highest BCUT2D eigenvalue weighted by Gasteiger charge is 2.68. The fraction of sp³-hybridized carbons (Fsp3) is 1.00. The van der Waals surface area contributed by atoms with Gasteiger partial charge in [0, 0.05) is 11.8 Å². The van der Waals surface area contributed by atoms with Gasteiger partial charge in [0.25, 0.3) is 0 Å². The Morgan fingerprint density at radius 1 is 0.857 bits per heavy atom. The lowest BCUT2D eigenvalue weighted by Crippen LogP contribution is -2.36. The van der Waals surface area contributed by atoms with Crippen molar-refractivity contribution < 1.29 is 9.47 Å². The molecule has 3 heteroatoms. The number of hydrogen-bond donors (Lipinski definition) is 0. The molecular weight excluding hydrogens is 196 g/mol.